The van der Waals surface area contributed by atoms with E-state index in [4.69, 9.17) is 4.74 Å². The molecule has 2 amide bonds. The van der Waals surface area contributed by atoms with Gasteiger partial charge < -0.3 is 20.4 Å². The molecule has 0 radical (unpaired) electrons. The first-order chi connectivity index (χ1) is 13.4. The van der Waals surface area contributed by atoms with Gasteiger partial charge in [-0.05, 0) is 31.5 Å². The van der Waals surface area contributed by atoms with E-state index in [0.29, 0.717) is 21.7 Å². The number of nitrogens with zero attached hydrogens (tertiary/aromatic N) is 1. The number of para-hydroxylation sites is 1. The topological polar surface area (TPSA) is 113 Å². The number of hydrogen-bond donors (Lipinski definition) is 3. The third kappa shape index (κ3) is 4.74. The summed E-state index contributed by atoms with van der Waals surface area (Å²) >= 11 is 1.43. The number of carbonyl (C=O) groups is 2. The molecule has 0 aliphatic carbocycles. The van der Waals surface area contributed by atoms with E-state index < -0.39 is 12.0 Å². The van der Waals surface area contributed by atoms with E-state index in [2.05, 4.69) is 20.6 Å². The quantitative estimate of drug-likeness (QED) is 0.551. The third-order valence-corrected chi connectivity index (χ3v) is 5.21. The Morgan fingerprint density at radius 3 is 2.71 bits per heavy atom. The van der Waals surface area contributed by atoms with Crippen LogP contribution in [0.25, 0.3) is 10.2 Å². The monoisotopic (exact) mass is 400 g/mol. The molecule has 3 N–H and O–H groups in total. The van der Waals surface area contributed by atoms with Crippen LogP contribution >= 0.6 is 11.3 Å². The van der Waals surface area contributed by atoms with Crippen LogP contribution in [-0.4, -0.2) is 28.5 Å². The van der Waals surface area contributed by atoms with Gasteiger partial charge in [0, 0.05) is 17.1 Å². The first-order valence-electron chi connectivity index (χ1n) is 8.68. The van der Waals surface area contributed by atoms with Crippen molar-refractivity contribution >= 4 is 39.2 Å². The van der Waals surface area contributed by atoms with E-state index in [1.54, 1.807) is 12.1 Å². The number of H-pyrrole nitrogens is 1. The Bertz CT molecular complexity index is 1060. The number of thiophene rings is 1. The summed E-state index contributed by atoms with van der Waals surface area (Å²) in [5, 5.41) is 5.81. The molecule has 0 saturated carbocycles. The average Bonchev–Trinajstić information content (AvgIpc) is 2.95. The van der Waals surface area contributed by atoms with E-state index >= 15 is 0 Å². The SMILES string of the molecule is Cc1sc2nc(COC(=O)CCNC(=O)Nc3ccccc3)[nH]c(=O)c2c1C. The van der Waals surface area contributed by atoms with Crippen LogP contribution in [-0.2, 0) is 16.1 Å². The maximum absolute atomic E-state index is 12.2. The van der Waals surface area contributed by atoms with Gasteiger partial charge in [-0.25, -0.2) is 9.78 Å². The minimum atomic E-state index is -0.499. The fourth-order valence-electron chi connectivity index (χ4n) is 2.56. The molecule has 0 unspecified atom stereocenters. The number of aryl methyl sites for hydroxylation is 2. The van der Waals surface area contributed by atoms with Crippen LogP contribution in [0.3, 0.4) is 0 Å². The summed E-state index contributed by atoms with van der Waals surface area (Å²) in [7, 11) is 0. The van der Waals surface area contributed by atoms with Gasteiger partial charge in [0.2, 0.25) is 0 Å². The molecule has 0 spiro atoms. The number of fused-ring (bicyclic) bond motifs is 1. The number of carbonyl (C=O) groups excluding carboxylic acids is 2. The number of hydrogen-bond acceptors (Lipinski definition) is 6. The molecule has 2 heterocycles. The molecule has 3 aromatic rings. The van der Waals surface area contributed by atoms with Crippen LogP contribution in [0.4, 0.5) is 10.5 Å². The first-order valence-corrected chi connectivity index (χ1v) is 9.50. The second-order valence-electron chi connectivity index (χ2n) is 6.13. The molecule has 2 aromatic heterocycles. The van der Waals surface area contributed by atoms with E-state index in [-0.39, 0.29) is 25.1 Å². The lowest BCUT2D eigenvalue weighted by Gasteiger charge is -2.08. The van der Waals surface area contributed by atoms with Gasteiger partial charge in [0.1, 0.15) is 17.3 Å². The van der Waals surface area contributed by atoms with E-state index in [1.807, 2.05) is 32.0 Å². The molecular weight excluding hydrogens is 380 g/mol. The van der Waals surface area contributed by atoms with Crippen LogP contribution in [0.15, 0.2) is 35.1 Å². The number of urea groups is 1. The van der Waals surface area contributed by atoms with Crippen LogP contribution < -0.4 is 16.2 Å². The summed E-state index contributed by atoms with van der Waals surface area (Å²) in [6, 6.07) is 8.58. The molecule has 146 valence electrons. The van der Waals surface area contributed by atoms with Crippen molar-refractivity contribution in [3.05, 3.63) is 57.0 Å². The standard InChI is InChI=1S/C19H20N4O4S/c1-11-12(2)28-18-16(11)17(25)22-14(23-18)10-27-15(24)8-9-20-19(26)21-13-6-4-3-5-7-13/h3-7H,8-10H2,1-2H3,(H2,20,21,26)(H,22,23,25). The van der Waals surface area contributed by atoms with Crippen LogP contribution in [0.1, 0.15) is 22.7 Å². The maximum Gasteiger partial charge on any atom is 0.319 e. The zero-order chi connectivity index (χ0) is 20.1. The van der Waals surface area contributed by atoms with Crippen molar-refractivity contribution in [2.75, 3.05) is 11.9 Å². The Hall–Kier alpha value is -3.20. The molecule has 0 saturated heterocycles. The highest BCUT2D eigenvalue weighted by molar-refractivity contribution is 7.18. The molecule has 8 nitrogen and oxygen atoms in total. The summed E-state index contributed by atoms with van der Waals surface area (Å²) in [5.74, 6) is -0.205. The largest absolute Gasteiger partial charge is 0.457 e. The van der Waals surface area contributed by atoms with Gasteiger partial charge in [-0.2, -0.15) is 0 Å². The summed E-state index contributed by atoms with van der Waals surface area (Å²) in [5.41, 5.74) is 1.33. The molecule has 1 aromatic carbocycles. The Morgan fingerprint density at radius 2 is 1.96 bits per heavy atom. The number of ether oxygens (including phenoxy) is 1. The Labute approximate surface area is 165 Å². The van der Waals surface area contributed by atoms with Gasteiger partial charge in [-0.3, -0.25) is 9.59 Å². The number of benzene rings is 1. The predicted octanol–water partition coefficient (Wildman–Crippen LogP) is 2.86. The van der Waals surface area contributed by atoms with Crippen LogP contribution in [0, 0.1) is 13.8 Å². The van der Waals surface area contributed by atoms with Crippen molar-refractivity contribution < 1.29 is 14.3 Å². The predicted molar refractivity (Wildman–Crippen MR) is 108 cm³/mol. The second-order valence-corrected chi connectivity index (χ2v) is 7.34. The summed E-state index contributed by atoms with van der Waals surface area (Å²) in [6.45, 7) is 3.81. The van der Waals surface area contributed by atoms with Crippen LogP contribution in [0.2, 0.25) is 0 Å². The van der Waals surface area contributed by atoms with E-state index in [9.17, 15) is 14.4 Å². The lowest BCUT2D eigenvalue weighted by atomic mass is 10.2. The van der Waals surface area contributed by atoms with Gasteiger partial charge in [0.25, 0.3) is 5.56 Å². The molecule has 0 aliphatic rings. The molecule has 0 fully saturated rings. The van der Waals surface area contributed by atoms with E-state index in [1.165, 1.54) is 11.3 Å². The number of anilines is 1. The smallest absolute Gasteiger partial charge is 0.319 e. The minimum Gasteiger partial charge on any atom is -0.457 e. The average molecular weight is 400 g/mol. The van der Waals surface area contributed by atoms with Crippen LogP contribution in [0.5, 0.6) is 0 Å². The number of esters is 1. The van der Waals surface area contributed by atoms with Gasteiger partial charge in [-0.1, -0.05) is 18.2 Å². The van der Waals surface area contributed by atoms with Crippen molar-refractivity contribution in [1.29, 1.82) is 0 Å². The Morgan fingerprint density at radius 1 is 1.21 bits per heavy atom. The lowest BCUT2D eigenvalue weighted by molar-refractivity contribution is -0.145. The van der Waals surface area contributed by atoms with Crippen molar-refractivity contribution in [1.82, 2.24) is 15.3 Å². The van der Waals surface area contributed by atoms with Gasteiger partial charge in [0.05, 0.1) is 11.8 Å². The lowest BCUT2D eigenvalue weighted by Crippen LogP contribution is -2.30. The van der Waals surface area contributed by atoms with Gasteiger partial charge in [0.15, 0.2) is 0 Å². The molecule has 28 heavy (non-hydrogen) atoms. The minimum absolute atomic E-state index is 0.00586. The number of aromatic nitrogens is 2. The summed E-state index contributed by atoms with van der Waals surface area (Å²) in [6.07, 6.45) is 0.00586. The maximum atomic E-state index is 12.2. The molecule has 3 rings (SSSR count). The van der Waals surface area contributed by atoms with Crippen molar-refractivity contribution in [3.63, 3.8) is 0 Å². The zero-order valence-electron chi connectivity index (χ0n) is 15.5. The highest BCUT2D eigenvalue weighted by atomic mass is 32.1. The third-order valence-electron chi connectivity index (χ3n) is 4.10. The highest BCUT2D eigenvalue weighted by Crippen LogP contribution is 2.25. The molecule has 9 heteroatoms. The Balaban J connectivity index is 1.46. The fourth-order valence-corrected chi connectivity index (χ4v) is 3.61. The van der Waals surface area contributed by atoms with Gasteiger partial charge >= 0.3 is 12.0 Å². The van der Waals surface area contributed by atoms with Crippen molar-refractivity contribution in [2.24, 2.45) is 0 Å². The van der Waals surface area contributed by atoms with Crippen molar-refractivity contribution in [2.45, 2.75) is 26.9 Å². The highest BCUT2D eigenvalue weighted by Gasteiger charge is 2.13. The number of aromatic amines is 1. The number of nitrogens with one attached hydrogen (secondary N) is 3. The van der Waals surface area contributed by atoms with Crippen molar-refractivity contribution in [3.8, 4) is 0 Å². The summed E-state index contributed by atoms with van der Waals surface area (Å²) in [4.78, 5) is 44.4. The number of amides is 2. The second kappa shape index (κ2) is 8.66. The number of rotatable bonds is 6. The zero-order valence-corrected chi connectivity index (χ0v) is 16.3. The molecular formula is C19H20N4O4S. The first kappa shape index (κ1) is 19.6. The van der Waals surface area contributed by atoms with E-state index in [0.717, 1.165) is 10.4 Å². The van der Waals surface area contributed by atoms with Gasteiger partial charge in [-0.15, -0.1) is 11.3 Å². The molecule has 0 atom stereocenters. The molecule has 0 aliphatic heterocycles. The molecule has 0 bridgehead atoms. The Kier molecular flexibility index (Phi) is 6.05. The summed E-state index contributed by atoms with van der Waals surface area (Å²) < 4.78 is 5.13. The normalized spacial score (nSPS) is 10.6. The fraction of sp³-hybridized carbons (Fsp3) is 0.263.